The van der Waals surface area contributed by atoms with Gasteiger partial charge in [-0.1, -0.05) is 96.7 Å². The molecule has 1 aliphatic heterocycles. The van der Waals surface area contributed by atoms with E-state index >= 15 is 0 Å². The fraction of sp³-hybridized carbons (Fsp3) is 0.294. The standard InChI is InChI=1S/C34H35ClN4O2/c1-24-12-14-26(15-13-24)32-33(27-16-18-28(35)19-17-27)38-34-29(37-32)20-21-31(41)39(34)22-8-3-2-7-11-30(40)36-23-25-9-5-4-6-10-25/h4-6,9-10,12-19H,2-3,7-8,11,20-23H2,1H3,(H,36,40). The maximum Gasteiger partial charge on any atom is 0.228 e. The molecule has 0 unspecified atom stereocenters. The van der Waals surface area contributed by atoms with E-state index in [0.29, 0.717) is 43.2 Å². The molecule has 1 N–H and O–H groups in total. The number of nitrogens with one attached hydrogen (secondary N) is 1. The highest BCUT2D eigenvalue weighted by molar-refractivity contribution is 6.30. The number of unbranched alkanes of at least 4 members (excludes halogenated alkanes) is 3. The number of carbonyl (C=O) groups excluding carboxylic acids is 2. The third-order valence-corrected chi connectivity index (χ3v) is 7.64. The van der Waals surface area contributed by atoms with Crippen molar-refractivity contribution in [3.8, 4) is 22.5 Å². The summed E-state index contributed by atoms with van der Waals surface area (Å²) in [5, 5.41) is 3.64. The minimum absolute atomic E-state index is 0.0726. The molecule has 0 saturated heterocycles. The van der Waals surface area contributed by atoms with Crippen LogP contribution in [0, 0.1) is 6.92 Å². The molecule has 210 valence electrons. The summed E-state index contributed by atoms with van der Waals surface area (Å²) in [6.45, 7) is 3.21. The van der Waals surface area contributed by atoms with Gasteiger partial charge in [-0.2, -0.15) is 0 Å². The van der Waals surface area contributed by atoms with Gasteiger partial charge in [-0.3, -0.25) is 14.5 Å². The Bertz CT molecular complexity index is 1490. The van der Waals surface area contributed by atoms with E-state index in [1.165, 1.54) is 5.56 Å². The SMILES string of the molecule is Cc1ccc(-c2nc3c(nc2-c2ccc(Cl)cc2)N(CCCCCCC(=O)NCc2ccccc2)C(=O)CC3)cc1. The smallest absolute Gasteiger partial charge is 0.228 e. The lowest BCUT2D eigenvalue weighted by Gasteiger charge is -2.29. The Morgan fingerprint density at radius 2 is 1.49 bits per heavy atom. The van der Waals surface area contributed by atoms with Crippen molar-refractivity contribution in [1.29, 1.82) is 0 Å². The first kappa shape index (κ1) is 28.5. The van der Waals surface area contributed by atoms with E-state index in [-0.39, 0.29) is 11.8 Å². The number of nitrogens with zero attached hydrogens (tertiary/aromatic N) is 3. The number of benzene rings is 3. The molecule has 5 rings (SSSR count). The minimum atomic E-state index is 0.0726. The second kappa shape index (κ2) is 13.6. The van der Waals surface area contributed by atoms with Crippen LogP contribution in [-0.2, 0) is 22.6 Å². The summed E-state index contributed by atoms with van der Waals surface area (Å²) < 4.78 is 0. The first-order valence-corrected chi connectivity index (χ1v) is 14.7. The van der Waals surface area contributed by atoms with Gasteiger partial charge in [-0.25, -0.2) is 9.97 Å². The number of hydrogen-bond acceptors (Lipinski definition) is 4. The Morgan fingerprint density at radius 3 is 2.22 bits per heavy atom. The van der Waals surface area contributed by atoms with Crippen LogP contribution in [0.1, 0.15) is 55.3 Å². The van der Waals surface area contributed by atoms with Gasteiger partial charge in [0.1, 0.15) is 0 Å². The molecule has 41 heavy (non-hydrogen) atoms. The lowest BCUT2D eigenvalue weighted by molar-refractivity contribution is -0.121. The number of amides is 2. The van der Waals surface area contributed by atoms with Crippen molar-refractivity contribution >= 4 is 29.2 Å². The van der Waals surface area contributed by atoms with Crippen LogP contribution in [0.5, 0.6) is 0 Å². The van der Waals surface area contributed by atoms with E-state index in [1.54, 1.807) is 4.90 Å². The summed E-state index contributed by atoms with van der Waals surface area (Å²) in [5.41, 5.74) is 6.58. The van der Waals surface area contributed by atoms with Crippen LogP contribution in [0.25, 0.3) is 22.5 Å². The third kappa shape index (κ3) is 7.39. The van der Waals surface area contributed by atoms with Crippen LogP contribution in [0.4, 0.5) is 5.82 Å². The third-order valence-electron chi connectivity index (χ3n) is 7.39. The molecule has 4 aromatic rings. The van der Waals surface area contributed by atoms with E-state index in [4.69, 9.17) is 21.6 Å². The Hall–Kier alpha value is -4.03. The number of aromatic nitrogens is 2. The van der Waals surface area contributed by atoms with Crippen molar-refractivity contribution in [3.63, 3.8) is 0 Å². The summed E-state index contributed by atoms with van der Waals surface area (Å²) in [7, 11) is 0. The molecule has 3 aromatic carbocycles. The average Bonchev–Trinajstić information content (AvgIpc) is 2.99. The number of hydrogen-bond donors (Lipinski definition) is 1. The van der Waals surface area contributed by atoms with E-state index in [9.17, 15) is 9.59 Å². The van der Waals surface area contributed by atoms with Gasteiger partial charge in [0.25, 0.3) is 0 Å². The summed E-state index contributed by atoms with van der Waals surface area (Å²) in [6, 6.07) is 25.8. The minimum Gasteiger partial charge on any atom is -0.352 e. The molecular formula is C34H35ClN4O2. The first-order valence-electron chi connectivity index (χ1n) is 14.3. The lowest BCUT2D eigenvalue weighted by Crippen LogP contribution is -2.37. The molecule has 0 radical (unpaired) electrons. The average molecular weight is 567 g/mol. The second-order valence-corrected chi connectivity index (χ2v) is 11.0. The van der Waals surface area contributed by atoms with Crippen molar-refractivity contribution in [3.05, 3.63) is 101 Å². The van der Waals surface area contributed by atoms with Crippen molar-refractivity contribution in [1.82, 2.24) is 15.3 Å². The van der Waals surface area contributed by atoms with Crippen molar-refractivity contribution < 1.29 is 9.59 Å². The van der Waals surface area contributed by atoms with Crippen molar-refractivity contribution in [2.75, 3.05) is 11.4 Å². The number of rotatable bonds is 11. The van der Waals surface area contributed by atoms with Crippen molar-refractivity contribution in [2.24, 2.45) is 0 Å². The Kier molecular flexibility index (Phi) is 9.42. The highest BCUT2D eigenvalue weighted by atomic mass is 35.5. The van der Waals surface area contributed by atoms with E-state index in [1.807, 2.05) is 54.6 Å². The monoisotopic (exact) mass is 566 g/mol. The normalized spacial score (nSPS) is 12.7. The molecule has 7 heteroatoms. The Morgan fingerprint density at radius 1 is 0.829 bits per heavy atom. The largest absolute Gasteiger partial charge is 0.352 e. The van der Waals surface area contributed by atoms with Crippen LogP contribution >= 0.6 is 11.6 Å². The summed E-state index contributed by atoms with van der Waals surface area (Å²) in [6.07, 6.45) is 5.05. The predicted molar refractivity (Wildman–Crippen MR) is 165 cm³/mol. The molecule has 6 nitrogen and oxygen atoms in total. The van der Waals surface area contributed by atoms with E-state index < -0.39 is 0 Å². The molecule has 0 aliphatic carbocycles. The van der Waals surface area contributed by atoms with Gasteiger partial charge in [0.2, 0.25) is 11.8 Å². The highest BCUT2D eigenvalue weighted by Gasteiger charge is 2.28. The molecule has 0 bridgehead atoms. The zero-order valence-corrected chi connectivity index (χ0v) is 24.2. The number of anilines is 1. The quantitative estimate of drug-likeness (QED) is 0.193. The lowest BCUT2D eigenvalue weighted by atomic mass is 10.0. The van der Waals surface area contributed by atoms with Gasteiger partial charge < -0.3 is 5.32 Å². The molecule has 2 heterocycles. The van der Waals surface area contributed by atoms with Crippen LogP contribution < -0.4 is 10.2 Å². The van der Waals surface area contributed by atoms with Gasteiger partial charge in [0.15, 0.2) is 5.82 Å². The van der Waals surface area contributed by atoms with Gasteiger partial charge in [-0.05, 0) is 37.5 Å². The highest BCUT2D eigenvalue weighted by Crippen LogP contribution is 2.35. The molecule has 0 fully saturated rings. The fourth-order valence-electron chi connectivity index (χ4n) is 5.07. The van der Waals surface area contributed by atoms with Crippen molar-refractivity contribution in [2.45, 2.75) is 58.4 Å². The second-order valence-electron chi connectivity index (χ2n) is 10.5. The number of aryl methyl sites for hydroxylation is 2. The molecule has 2 amide bonds. The van der Waals surface area contributed by atoms with Gasteiger partial charge in [-0.15, -0.1) is 0 Å². The van der Waals surface area contributed by atoms with Gasteiger partial charge in [0.05, 0.1) is 17.1 Å². The molecule has 1 aliphatic rings. The van der Waals surface area contributed by atoms with Gasteiger partial charge in [0, 0.05) is 48.5 Å². The Balaban J connectivity index is 1.24. The predicted octanol–water partition coefficient (Wildman–Crippen LogP) is 7.32. The Labute approximate surface area is 246 Å². The molecule has 0 atom stereocenters. The first-order chi connectivity index (χ1) is 20.0. The molecule has 0 spiro atoms. The van der Waals surface area contributed by atoms with Crippen LogP contribution in [0.3, 0.4) is 0 Å². The molecule has 1 aromatic heterocycles. The summed E-state index contributed by atoms with van der Waals surface area (Å²) >= 11 is 6.17. The topological polar surface area (TPSA) is 75.2 Å². The fourth-order valence-corrected chi connectivity index (χ4v) is 5.20. The number of halogens is 1. The maximum atomic E-state index is 13.0. The zero-order chi connectivity index (χ0) is 28.6. The maximum absolute atomic E-state index is 13.0. The number of fused-ring (bicyclic) bond motifs is 1. The summed E-state index contributed by atoms with van der Waals surface area (Å²) in [4.78, 5) is 37.2. The van der Waals surface area contributed by atoms with Crippen LogP contribution in [-0.4, -0.2) is 28.3 Å². The molecule has 0 saturated carbocycles. The summed E-state index contributed by atoms with van der Waals surface area (Å²) in [5.74, 6) is 0.808. The van der Waals surface area contributed by atoms with Crippen LogP contribution in [0.15, 0.2) is 78.9 Å². The number of carbonyl (C=O) groups is 2. The van der Waals surface area contributed by atoms with Gasteiger partial charge >= 0.3 is 0 Å². The molecular weight excluding hydrogens is 532 g/mol. The van der Waals surface area contributed by atoms with Crippen LogP contribution in [0.2, 0.25) is 5.02 Å². The van der Waals surface area contributed by atoms with E-state index in [2.05, 4.69) is 36.5 Å². The van der Waals surface area contributed by atoms with E-state index in [0.717, 1.165) is 59.5 Å². The zero-order valence-electron chi connectivity index (χ0n) is 23.4.